The second-order valence-corrected chi connectivity index (χ2v) is 7.77. The largest absolute Gasteiger partial charge is 0.314 e. The quantitative estimate of drug-likeness (QED) is 0.596. The van der Waals surface area contributed by atoms with Gasteiger partial charge in [0.1, 0.15) is 0 Å². The fourth-order valence-electron chi connectivity index (χ4n) is 4.13. The van der Waals surface area contributed by atoms with Crippen molar-refractivity contribution < 1.29 is 0 Å². The molecular weight excluding hydrogens is 242 g/mol. The Hall–Kier alpha value is -0.0400. The smallest absolute Gasteiger partial charge is 0.00683 e. The first-order valence-electron chi connectivity index (χ1n) is 9.46. The second kappa shape index (κ2) is 8.41. The van der Waals surface area contributed by atoms with Gasteiger partial charge in [-0.2, -0.15) is 0 Å². The molecule has 1 nitrogen and oxygen atoms in total. The molecule has 20 heavy (non-hydrogen) atoms. The van der Waals surface area contributed by atoms with Crippen LogP contribution in [0.1, 0.15) is 85.0 Å². The summed E-state index contributed by atoms with van der Waals surface area (Å²) < 4.78 is 0. The van der Waals surface area contributed by atoms with Gasteiger partial charge in [-0.25, -0.2) is 0 Å². The highest BCUT2D eigenvalue weighted by atomic mass is 14.9. The van der Waals surface area contributed by atoms with Crippen LogP contribution in [0.15, 0.2) is 0 Å². The summed E-state index contributed by atoms with van der Waals surface area (Å²) in [6, 6.07) is 0.886. The fourth-order valence-corrected chi connectivity index (χ4v) is 4.13. The molecule has 118 valence electrons. The molecule has 0 aromatic carbocycles. The molecule has 2 aliphatic rings. The maximum Gasteiger partial charge on any atom is 0.00683 e. The topological polar surface area (TPSA) is 12.0 Å². The van der Waals surface area contributed by atoms with Crippen LogP contribution in [0.2, 0.25) is 0 Å². The van der Waals surface area contributed by atoms with Crippen molar-refractivity contribution in [1.82, 2.24) is 5.32 Å². The van der Waals surface area contributed by atoms with Crippen LogP contribution >= 0.6 is 0 Å². The lowest BCUT2D eigenvalue weighted by molar-refractivity contribution is 0.149. The van der Waals surface area contributed by atoms with Crippen molar-refractivity contribution in [3.05, 3.63) is 0 Å². The zero-order valence-corrected chi connectivity index (χ0v) is 14.2. The van der Waals surface area contributed by atoms with E-state index in [1.165, 1.54) is 70.8 Å². The van der Waals surface area contributed by atoms with E-state index in [0.717, 1.165) is 29.7 Å². The maximum atomic E-state index is 3.81. The van der Waals surface area contributed by atoms with Crippen LogP contribution in [0, 0.1) is 23.7 Å². The number of hydrogen-bond acceptors (Lipinski definition) is 1. The summed E-state index contributed by atoms with van der Waals surface area (Å²) in [5.74, 6) is 3.95. The first-order chi connectivity index (χ1) is 9.72. The standard InChI is InChI=1S/C19H37N/c1-4-6-7-16(5-2)13-18-12-15(3)8-9-17(18)14-20-19-10-11-19/h15-20H,4-14H2,1-3H3. The van der Waals surface area contributed by atoms with Crippen LogP contribution in [0.4, 0.5) is 0 Å². The highest BCUT2D eigenvalue weighted by molar-refractivity contribution is 4.86. The third kappa shape index (κ3) is 5.39. The van der Waals surface area contributed by atoms with E-state index in [1.807, 2.05) is 0 Å². The van der Waals surface area contributed by atoms with Gasteiger partial charge in [-0.05, 0) is 62.3 Å². The van der Waals surface area contributed by atoms with E-state index in [1.54, 1.807) is 0 Å². The minimum Gasteiger partial charge on any atom is -0.314 e. The summed E-state index contributed by atoms with van der Waals surface area (Å²) in [6.45, 7) is 8.53. The molecule has 0 aromatic rings. The van der Waals surface area contributed by atoms with Crippen LogP contribution in [0.5, 0.6) is 0 Å². The van der Waals surface area contributed by atoms with E-state index >= 15 is 0 Å². The molecule has 2 aliphatic carbocycles. The Kier molecular flexibility index (Phi) is 6.87. The minimum absolute atomic E-state index is 0.886. The van der Waals surface area contributed by atoms with Crippen molar-refractivity contribution in [2.75, 3.05) is 6.54 Å². The van der Waals surface area contributed by atoms with Crippen LogP contribution < -0.4 is 5.32 Å². The number of hydrogen-bond donors (Lipinski definition) is 1. The Morgan fingerprint density at radius 1 is 1.05 bits per heavy atom. The number of unbranched alkanes of at least 4 members (excludes halogenated alkanes) is 1. The third-order valence-electron chi connectivity index (χ3n) is 5.83. The molecule has 2 saturated carbocycles. The number of nitrogens with one attached hydrogen (secondary N) is 1. The molecule has 1 heteroatoms. The van der Waals surface area contributed by atoms with Gasteiger partial charge in [0.2, 0.25) is 0 Å². The molecule has 0 heterocycles. The van der Waals surface area contributed by atoms with Crippen LogP contribution in [-0.4, -0.2) is 12.6 Å². The third-order valence-corrected chi connectivity index (χ3v) is 5.83. The molecular formula is C19H37N. The predicted octanol–water partition coefficient (Wildman–Crippen LogP) is 5.40. The van der Waals surface area contributed by atoms with E-state index in [9.17, 15) is 0 Å². The first kappa shape index (κ1) is 16.3. The lowest BCUT2D eigenvalue weighted by Crippen LogP contribution is -2.34. The lowest BCUT2D eigenvalue weighted by Gasteiger charge is -2.37. The Morgan fingerprint density at radius 3 is 2.50 bits per heavy atom. The minimum atomic E-state index is 0.886. The van der Waals surface area contributed by atoms with Crippen molar-refractivity contribution in [2.24, 2.45) is 23.7 Å². The van der Waals surface area contributed by atoms with E-state index in [2.05, 4.69) is 26.1 Å². The van der Waals surface area contributed by atoms with Crippen LogP contribution in [0.25, 0.3) is 0 Å². The molecule has 4 unspecified atom stereocenters. The zero-order chi connectivity index (χ0) is 14.4. The zero-order valence-electron chi connectivity index (χ0n) is 14.2. The summed E-state index contributed by atoms with van der Waals surface area (Å²) in [5, 5.41) is 3.81. The van der Waals surface area contributed by atoms with Gasteiger partial charge in [0.15, 0.2) is 0 Å². The Labute approximate surface area is 127 Å². The van der Waals surface area contributed by atoms with E-state index < -0.39 is 0 Å². The molecule has 2 fully saturated rings. The first-order valence-corrected chi connectivity index (χ1v) is 9.46. The summed E-state index contributed by atoms with van der Waals surface area (Å²) in [5.41, 5.74) is 0. The Bertz CT molecular complexity index is 258. The van der Waals surface area contributed by atoms with Gasteiger partial charge in [0.25, 0.3) is 0 Å². The molecule has 1 N–H and O–H groups in total. The average molecular weight is 280 g/mol. The summed E-state index contributed by atoms with van der Waals surface area (Å²) in [7, 11) is 0. The van der Waals surface area contributed by atoms with Crippen LogP contribution in [0.3, 0.4) is 0 Å². The van der Waals surface area contributed by atoms with Crippen LogP contribution in [-0.2, 0) is 0 Å². The molecule has 0 spiro atoms. The normalized spacial score (nSPS) is 32.2. The maximum absolute atomic E-state index is 3.81. The molecule has 0 aliphatic heterocycles. The van der Waals surface area contributed by atoms with E-state index in [0.29, 0.717) is 0 Å². The van der Waals surface area contributed by atoms with Crippen molar-refractivity contribution in [2.45, 2.75) is 91.0 Å². The molecule has 0 amide bonds. The van der Waals surface area contributed by atoms with Gasteiger partial charge >= 0.3 is 0 Å². The van der Waals surface area contributed by atoms with Crippen molar-refractivity contribution in [3.8, 4) is 0 Å². The lowest BCUT2D eigenvalue weighted by atomic mass is 9.70. The number of rotatable bonds is 9. The summed E-state index contributed by atoms with van der Waals surface area (Å²) >= 11 is 0. The molecule has 0 radical (unpaired) electrons. The van der Waals surface area contributed by atoms with Gasteiger partial charge in [-0.1, -0.05) is 52.9 Å². The highest BCUT2D eigenvalue weighted by Crippen LogP contribution is 2.39. The SMILES string of the molecule is CCCCC(CC)CC1CC(C)CCC1CNC1CC1. The highest BCUT2D eigenvalue weighted by Gasteiger charge is 2.31. The molecule has 2 rings (SSSR count). The predicted molar refractivity (Wildman–Crippen MR) is 88.9 cm³/mol. The van der Waals surface area contributed by atoms with Gasteiger partial charge in [0.05, 0.1) is 0 Å². The van der Waals surface area contributed by atoms with Crippen molar-refractivity contribution >= 4 is 0 Å². The fraction of sp³-hybridized carbons (Fsp3) is 1.00. The summed E-state index contributed by atoms with van der Waals surface area (Å²) in [6.07, 6.45) is 14.5. The molecule has 4 atom stereocenters. The van der Waals surface area contributed by atoms with Gasteiger partial charge < -0.3 is 5.32 Å². The van der Waals surface area contributed by atoms with Gasteiger partial charge in [-0.15, -0.1) is 0 Å². The molecule has 0 saturated heterocycles. The second-order valence-electron chi connectivity index (χ2n) is 7.77. The Balaban J connectivity index is 1.81. The van der Waals surface area contributed by atoms with Gasteiger partial charge in [0, 0.05) is 6.04 Å². The van der Waals surface area contributed by atoms with Crippen molar-refractivity contribution in [1.29, 1.82) is 0 Å². The molecule has 0 aromatic heterocycles. The molecule has 0 bridgehead atoms. The Morgan fingerprint density at radius 2 is 1.85 bits per heavy atom. The monoisotopic (exact) mass is 279 g/mol. The summed E-state index contributed by atoms with van der Waals surface area (Å²) in [4.78, 5) is 0. The van der Waals surface area contributed by atoms with Gasteiger partial charge in [-0.3, -0.25) is 0 Å². The van der Waals surface area contributed by atoms with E-state index in [-0.39, 0.29) is 0 Å². The average Bonchev–Trinajstić information content (AvgIpc) is 3.26. The van der Waals surface area contributed by atoms with E-state index in [4.69, 9.17) is 0 Å². The van der Waals surface area contributed by atoms with Crippen molar-refractivity contribution in [3.63, 3.8) is 0 Å².